The smallest absolute Gasteiger partial charge is 0.308 e. The highest BCUT2D eigenvalue weighted by molar-refractivity contribution is 5.71. The van der Waals surface area contributed by atoms with Gasteiger partial charge in [-0.1, -0.05) is 0 Å². The Hall–Kier alpha value is -1.36. The first kappa shape index (κ1) is 10.2. The first-order valence-corrected chi connectivity index (χ1v) is 5.10. The molecule has 1 aliphatic rings. The molecule has 0 aliphatic carbocycles. The van der Waals surface area contributed by atoms with Crippen molar-refractivity contribution in [3.05, 3.63) is 18.2 Å². The molecule has 1 aromatic heterocycles. The molecule has 2 heterocycles. The Kier molecular flexibility index (Phi) is 2.73. The normalized spacial score (nSPS) is 26.5. The van der Waals surface area contributed by atoms with E-state index in [1.54, 1.807) is 6.33 Å². The summed E-state index contributed by atoms with van der Waals surface area (Å²) in [7, 11) is 1.90. The number of imidazole rings is 1. The molecule has 0 radical (unpaired) electrons. The zero-order valence-corrected chi connectivity index (χ0v) is 8.68. The van der Waals surface area contributed by atoms with Crippen LogP contribution in [0.2, 0.25) is 0 Å². The molecule has 1 aliphatic heterocycles. The SMILES string of the molecule is Cn1cnc(C2CCNCC2C(=O)O)c1. The Morgan fingerprint density at radius 3 is 3.13 bits per heavy atom. The topological polar surface area (TPSA) is 67.2 Å². The van der Waals surface area contributed by atoms with Crippen LogP contribution in [0.5, 0.6) is 0 Å². The van der Waals surface area contributed by atoms with Gasteiger partial charge in [0, 0.05) is 25.7 Å². The van der Waals surface area contributed by atoms with Crippen molar-refractivity contribution in [1.82, 2.24) is 14.9 Å². The molecule has 1 aromatic rings. The number of carboxylic acid groups (broad SMARTS) is 1. The van der Waals surface area contributed by atoms with Crippen LogP contribution in [0.1, 0.15) is 18.0 Å². The fourth-order valence-electron chi connectivity index (χ4n) is 2.10. The van der Waals surface area contributed by atoms with E-state index in [1.165, 1.54) is 0 Å². The molecule has 1 saturated heterocycles. The molecule has 5 heteroatoms. The number of aliphatic carboxylic acids is 1. The van der Waals surface area contributed by atoms with E-state index in [0.29, 0.717) is 6.54 Å². The van der Waals surface area contributed by atoms with Crippen LogP contribution in [0, 0.1) is 5.92 Å². The van der Waals surface area contributed by atoms with Gasteiger partial charge in [-0.25, -0.2) is 4.98 Å². The molecule has 15 heavy (non-hydrogen) atoms. The number of carbonyl (C=O) groups is 1. The first-order valence-electron chi connectivity index (χ1n) is 5.10. The number of hydrogen-bond donors (Lipinski definition) is 2. The quantitative estimate of drug-likeness (QED) is 0.730. The summed E-state index contributed by atoms with van der Waals surface area (Å²) in [5.74, 6) is -1.04. The van der Waals surface area contributed by atoms with Crippen LogP contribution in [0.15, 0.2) is 12.5 Å². The second kappa shape index (κ2) is 4.02. The molecule has 1 fully saturated rings. The van der Waals surface area contributed by atoms with Crippen LogP contribution in [-0.4, -0.2) is 33.7 Å². The molecule has 2 rings (SSSR count). The maximum atomic E-state index is 11.1. The van der Waals surface area contributed by atoms with Crippen LogP contribution in [0.3, 0.4) is 0 Å². The van der Waals surface area contributed by atoms with E-state index in [2.05, 4.69) is 10.3 Å². The Labute approximate surface area is 88.1 Å². The monoisotopic (exact) mass is 209 g/mol. The number of hydrogen-bond acceptors (Lipinski definition) is 3. The summed E-state index contributed by atoms with van der Waals surface area (Å²) in [6, 6.07) is 0. The van der Waals surface area contributed by atoms with Gasteiger partial charge in [0.1, 0.15) is 0 Å². The molecule has 0 amide bonds. The van der Waals surface area contributed by atoms with E-state index in [9.17, 15) is 4.79 Å². The number of carboxylic acids is 1. The second-order valence-corrected chi connectivity index (χ2v) is 4.01. The van der Waals surface area contributed by atoms with E-state index >= 15 is 0 Å². The highest BCUT2D eigenvalue weighted by Gasteiger charge is 2.32. The summed E-state index contributed by atoms with van der Waals surface area (Å²) in [5, 5.41) is 12.2. The molecule has 5 nitrogen and oxygen atoms in total. The van der Waals surface area contributed by atoms with Gasteiger partial charge in [0.25, 0.3) is 0 Å². The number of aromatic nitrogens is 2. The molecule has 0 bridgehead atoms. The van der Waals surface area contributed by atoms with Crippen LogP contribution < -0.4 is 5.32 Å². The van der Waals surface area contributed by atoms with Crippen molar-refractivity contribution < 1.29 is 9.90 Å². The number of piperidine rings is 1. The summed E-state index contributed by atoms with van der Waals surface area (Å²) < 4.78 is 1.86. The lowest BCUT2D eigenvalue weighted by atomic mass is 9.84. The predicted molar refractivity (Wildman–Crippen MR) is 54.6 cm³/mol. The summed E-state index contributed by atoms with van der Waals surface area (Å²) in [5.41, 5.74) is 0.895. The van der Waals surface area contributed by atoms with E-state index in [4.69, 9.17) is 5.11 Å². The minimum atomic E-state index is -0.738. The zero-order chi connectivity index (χ0) is 10.8. The van der Waals surface area contributed by atoms with Gasteiger partial charge >= 0.3 is 5.97 Å². The molecule has 82 valence electrons. The van der Waals surface area contributed by atoms with Gasteiger partial charge in [-0.05, 0) is 13.0 Å². The van der Waals surface area contributed by atoms with Crippen molar-refractivity contribution in [1.29, 1.82) is 0 Å². The lowest BCUT2D eigenvalue weighted by Crippen LogP contribution is -2.39. The third-order valence-electron chi connectivity index (χ3n) is 2.90. The minimum Gasteiger partial charge on any atom is -0.481 e. The molecule has 0 aromatic carbocycles. The maximum absolute atomic E-state index is 11.1. The van der Waals surface area contributed by atoms with Gasteiger partial charge in [-0.2, -0.15) is 0 Å². The average molecular weight is 209 g/mol. The minimum absolute atomic E-state index is 0.0462. The number of nitrogens with zero attached hydrogens (tertiary/aromatic N) is 2. The first-order chi connectivity index (χ1) is 7.18. The maximum Gasteiger partial charge on any atom is 0.308 e. The van der Waals surface area contributed by atoms with E-state index in [0.717, 1.165) is 18.7 Å². The van der Waals surface area contributed by atoms with Crippen LogP contribution in [0.4, 0.5) is 0 Å². The lowest BCUT2D eigenvalue weighted by molar-refractivity contribution is -0.143. The summed E-state index contributed by atoms with van der Waals surface area (Å²) >= 11 is 0. The highest BCUT2D eigenvalue weighted by Crippen LogP contribution is 2.29. The predicted octanol–water partition coefficient (Wildman–Crippen LogP) is 0.198. The summed E-state index contributed by atoms with van der Waals surface area (Å²) in [4.78, 5) is 15.3. The fraction of sp³-hybridized carbons (Fsp3) is 0.600. The average Bonchev–Trinajstić information content (AvgIpc) is 2.65. The van der Waals surface area contributed by atoms with Crippen molar-refractivity contribution >= 4 is 5.97 Å². The number of aryl methyl sites for hydroxylation is 1. The van der Waals surface area contributed by atoms with Crippen molar-refractivity contribution in [2.45, 2.75) is 12.3 Å². The van der Waals surface area contributed by atoms with Crippen LogP contribution in [0.25, 0.3) is 0 Å². The van der Waals surface area contributed by atoms with E-state index < -0.39 is 5.97 Å². The van der Waals surface area contributed by atoms with Gasteiger partial charge in [0.05, 0.1) is 17.9 Å². The molecular formula is C10H15N3O2. The van der Waals surface area contributed by atoms with Gasteiger partial charge in [-0.3, -0.25) is 4.79 Å². The van der Waals surface area contributed by atoms with Crippen molar-refractivity contribution in [3.63, 3.8) is 0 Å². The third kappa shape index (κ3) is 2.02. The highest BCUT2D eigenvalue weighted by atomic mass is 16.4. The Morgan fingerprint density at radius 2 is 2.53 bits per heavy atom. The van der Waals surface area contributed by atoms with E-state index in [1.807, 2.05) is 17.8 Å². The van der Waals surface area contributed by atoms with Gasteiger partial charge in [-0.15, -0.1) is 0 Å². The van der Waals surface area contributed by atoms with Gasteiger partial charge in [0.15, 0.2) is 0 Å². The van der Waals surface area contributed by atoms with Gasteiger partial charge in [0.2, 0.25) is 0 Å². The second-order valence-electron chi connectivity index (χ2n) is 4.01. The van der Waals surface area contributed by atoms with Gasteiger partial charge < -0.3 is 15.0 Å². The van der Waals surface area contributed by atoms with Crippen molar-refractivity contribution in [2.75, 3.05) is 13.1 Å². The molecule has 0 spiro atoms. The van der Waals surface area contributed by atoms with Crippen molar-refractivity contribution in [3.8, 4) is 0 Å². The largest absolute Gasteiger partial charge is 0.481 e. The van der Waals surface area contributed by atoms with Crippen LogP contribution >= 0.6 is 0 Å². The molecule has 0 saturated carbocycles. The summed E-state index contributed by atoms with van der Waals surface area (Å²) in [6.07, 6.45) is 4.47. The molecular weight excluding hydrogens is 194 g/mol. The lowest BCUT2D eigenvalue weighted by Gasteiger charge is -2.27. The van der Waals surface area contributed by atoms with Crippen molar-refractivity contribution in [2.24, 2.45) is 13.0 Å². The Morgan fingerprint density at radius 1 is 1.73 bits per heavy atom. The third-order valence-corrected chi connectivity index (χ3v) is 2.90. The molecule has 2 N–H and O–H groups in total. The standard InChI is InChI=1S/C10H15N3O2/c1-13-5-9(12-6-13)7-2-3-11-4-8(7)10(14)15/h5-8,11H,2-4H2,1H3,(H,14,15). The summed E-state index contributed by atoms with van der Waals surface area (Å²) in [6.45, 7) is 1.40. The number of nitrogens with one attached hydrogen (secondary N) is 1. The van der Waals surface area contributed by atoms with E-state index in [-0.39, 0.29) is 11.8 Å². The van der Waals surface area contributed by atoms with Crippen LogP contribution in [-0.2, 0) is 11.8 Å². The Balaban J connectivity index is 2.21. The molecule has 2 atom stereocenters. The Bertz CT molecular complexity index is 361. The number of rotatable bonds is 2. The molecule has 2 unspecified atom stereocenters. The fourth-order valence-corrected chi connectivity index (χ4v) is 2.10. The zero-order valence-electron chi connectivity index (χ0n) is 8.68.